The molecule has 2 aromatic heterocycles. The standard InChI is InChI=1S/C17H17ClN2O3S/c1-9(2)12-8-24-17(20-12)11-7-14(21-3)10-5-6-13(23-22-4)15(18)16(10)19-11/h5-9H,1-4H3. The minimum absolute atomic E-state index is 0.364. The van der Waals surface area contributed by atoms with Gasteiger partial charge in [0, 0.05) is 16.8 Å². The number of aromatic nitrogens is 2. The van der Waals surface area contributed by atoms with E-state index in [0.717, 1.165) is 16.1 Å². The van der Waals surface area contributed by atoms with Gasteiger partial charge in [-0.2, -0.15) is 4.89 Å². The summed E-state index contributed by atoms with van der Waals surface area (Å²) in [6.45, 7) is 4.22. The van der Waals surface area contributed by atoms with Gasteiger partial charge in [-0.1, -0.05) is 25.4 Å². The summed E-state index contributed by atoms with van der Waals surface area (Å²) in [7, 11) is 3.04. The summed E-state index contributed by atoms with van der Waals surface area (Å²) in [6.07, 6.45) is 0. The Balaban J connectivity index is 2.19. The normalized spacial score (nSPS) is 11.2. The van der Waals surface area contributed by atoms with E-state index < -0.39 is 0 Å². The monoisotopic (exact) mass is 364 g/mol. The van der Waals surface area contributed by atoms with Crippen LogP contribution in [-0.4, -0.2) is 24.2 Å². The van der Waals surface area contributed by atoms with Crippen LogP contribution in [0.2, 0.25) is 5.02 Å². The highest BCUT2D eigenvalue weighted by molar-refractivity contribution is 7.13. The van der Waals surface area contributed by atoms with Crippen molar-refractivity contribution in [3.63, 3.8) is 0 Å². The van der Waals surface area contributed by atoms with E-state index in [0.29, 0.717) is 33.7 Å². The molecule has 2 heterocycles. The van der Waals surface area contributed by atoms with Gasteiger partial charge in [-0.25, -0.2) is 9.97 Å². The molecule has 0 N–H and O–H groups in total. The van der Waals surface area contributed by atoms with Crippen LogP contribution in [-0.2, 0) is 4.89 Å². The second-order valence-electron chi connectivity index (χ2n) is 5.47. The van der Waals surface area contributed by atoms with Crippen LogP contribution in [0.4, 0.5) is 0 Å². The van der Waals surface area contributed by atoms with Crippen LogP contribution in [0.25, 0.3) is 21.6 Å². The zero-order chi connectivity index (χ0) is 17.3. The molecule has 5 nitrogen and oxygen atoms in total. The van der Waals surface area contributed by atoms with Crippen molar-refractivity contribution in [2.24, 2.45) is 0 Å². The van der Waals surface area contributed by atoms with Crippen LogP contribution in [0.15, 0.2) is 23.6 Å². The van der Waals surface area contributed by atoms with Crippen molar-refractivity contribution in [2.75, 3.05) is 14.2 Å². The van der Waals surface area contributed by atoms with Gasteiger partial charge in [-0.05, 0) is 18.1 Å². The van der Waals surface area contributed by atoms with Gasteiger partial charge in [0.2, 0.25) is 0 Å². The fraction of sp³-hybridized carbons (Fsp3) is 0.294. The SMILES string of the molecule is COOc1ccc2c(OC)cc(-c3nc(C(C)C)cs3)nc2c1Cl. The molecule has 0 saturated carbocycles. The van der Waals surface area contributed by atoms with Crippen LogP contribution >= 0.6 is 22.9 Å². The maximum atomic E-state index is 6.42. The van der Waals surface area contributed by atoms with Crippen molar-refractivity contribution in [2.45, 2.75) is 19.8 Å². The third kappa shape index (κ3) is 3.05. The summed E-state index contributed by atoms with van der Waals surface area (Å²) in [5.41, 5.74) is 2.34. The highest BCUT2D eigenvalue weighted by Gasteiger charge is 2.17. The molecule has 0 radical (unpaired) electrons. The second kappa shape index (κ2) is 6.93. The molecule has 24 heavy (non-hydrogen) atoms. The maximum Gasteiger partial charge on any atom is 0.186 e. The molecule has 0 saturated heterocycles. The molecule has 126 valence electrons. The predicted octanol–water partition coefficient (Wildman–Crippen LogP) is 5.08. The van der Waals surface area contributed by atoms with Gasteiger partial charge in [-0.15, -0.1) is 11.3 Å². The van der Waals surface area contributed by atoms with E-state index >= 15 is 0 Å². The number of hydrogen-bond donors (Lipinski definition) is 0. The Labute approximate surface area is 149 Å². The van der Waals surface area contributed by atoms with Gasteiger partial charge in [0.05, 0.1) is 25.4 Å². The fourth-order valence-electron chi connectivity index (χ4n) is 2.31. The van der Waals surface area contributed by atoms with Crippen LogP contribution in [0, 0.1) is 0 Å². The highest BCUT2D eigenvalue weighted by Crippen LogP contribution is 2.38. The number of rotatable bonds is 5. The van der Waals surface area contributed by atoms with E-state index in [1.54, 1.807) is 24.5 Å². The number of fused-ring (bicyclic) bond motifs is 1. The van der Waals surface area contributed by atoms with Gasteiger partial charge >= 0.3 is 0 Å². The Morgan fingerprint density at radius 2 is 1.92 bits per heavy atom. The molecule has 0 unspecified atom stereocenters. The van der Waals surface area contributed by atoms with Crippen molar-refractivity contribution >= 4 is 33.8 Å². The van der Waals surface area contributed by atoms with Crippen molar-refractivity contribution in [1.29, 1.82) is 0 Å². The lowest BCUT2D eigenvalue weighted by atomic mass is 10.1. The number of nitrogens with zero attached hydrogens (tertiary/aromatic N) is 2. The van der Waals surface area contributed by atoms with Crippen molar-refractivity contribution < 1.29 is 14.5 Å². The van der Waals surface area contributed by atoms with Gasteiger partial charge in [0.15, 0.2) is 5.75 Å². The first-order valence-electron chi connectivity index (χ1n) is 7.38. The fourth-order valence-corrected chi connectivity index (χ4v) is 3.49. The highest BCUT2D eigenvalue weighted by atomic mass is 35.5. The zero-order valence-electron chi connectivity index (χ0n) is 13.8. The number of methoxy groups -OCH3 is 1. The third-order valence-corrected chi connectivity index (χ3v) is 4.82. The molecule has 0 amide bonds. The first-order valence-corrected chi connectivity index (χ1v) is 8.64. The quantitative estimate of drug-likeness (QED) is 0.466. The summed E-state index contributed by atoms with van der Waals surface area (Å²) in [5, 5.41) is 4.04. The van der Waals surface area contributed by atoms with Crippen LogP contribution in [0.5, 0.6) is 11.5 Å². The number of thiazole rings is 1. The first kappa shape index (κ1) is 17.0. The molecule has 0 aliphatic carbocycles. The molecule has 0 fully saturated rings. The summed E-state index contributed by atoms with van der Waals surface area (Å²) in [5.74, 6) is 1.45. The minimum atomic E-state index is 0.364. The van der Waals surface area contributed by atoms with E-state index in [2.05, 4.69) is 23.8 Å². The average Bonchev–Trinajstić information content (AvgIpc) is 3.07. The zero-order valence-corrected chi connectivity index (χ0v) is 15.4. The average molecular weight is 365 g/mol. The Bertz CT molecular complexity index is 880. The number of benzene rings is 1. The van der Waals surface area contributed by atoms with E-state index in [9.17, 15) is 0 Å². The van der Waals surface area contributed by atoms with Crippen LogP contribution in [0.1, 0.15) is 25.5 Å². The maximum absolute atomic E-state index is 6.42. The largest absolute Gasteiger partial charge is 0.496 e. The van der Waals surface area contributed by atoms with E-state index in [-0.39, 0.29) is 0 Å². The lowest BCUT2D eigenvalue weighted by Gasteiger charge is -2.11. The van der Waals surface area contributed by atoms with Crippen molar-refractivity contribution in [3.8, 4) is 22.2 Å². The second-order valence-corrected chi connectivity index (χ2v) is 6.70. The summed E-state index contributed by atoms with van der Waals surface area (Å²) >= 11 is 7.98. The molecule has 0 aliphatic rings. The molecule has 0 aliphatic heterocycles. The lowest BCUT2D eigenvalue weighted by molar-refractivity contribution is -0.177. The van der Waals surface area contributed by atoms with Gasteiger partial charge in [-0.3, -0.25) is 0 Å². The number of ether oxygens (including phenoxy) is 1. The summed E-state index contributed by atoms with van der Waals surface area (Å²) in [6, 6.07) is 5.43. The van der Waals surface area contributed by atoms with E-state index in [1.165, 1.54) is 7.11 Å². The van der Waals surface area contributed by atoms with E-state index in [4.69, 9.17) is 26.1 Å². The summed E-state index contributed by atoms with van der Waals surface area (Å²) in [4.78, 5) is 19.1. The number of pyridine rings is 1. The molecule has 1 aromatic carbocycles. The Hall–Kier alpha value is -1.89. The van der Waals surface area contributed by atoms with Crippen LogP contribution in [0.3, 0.4) is 0 Å². The summed E-state index contributed by atoms with van der Waals surface area (Å²) < 4.78 is 5.50. The Kier molecular flexibility index (Phi) is 4.89. The number of hydrogen-bond acceptors (Lipinski definition) is 6. The van der Waals surface area contributed by atoms with Crippen molar-refractivity contribution in [3.05, 3.63) is 34.3 Å². The smallest absolute Gasteiger partial charge is 0.186 e. The molecular weight excluding hydrogens is 348 g/mol. The topological polar surface area (TPSA) is 53.5 Å². The predicted molar refractivity (Wildman–Crippen MR) is 96.1 cm³/mol. The first-order chi connectivity index (χ1) is 11.5. The molecule has 3 aromatic rings. The lowest BCUT2D eigenvalue weighted by Crippen LogP contribution is -1.96. The Morgan fingerprint density at radius 3 is 2.54 bits per heavy atom. The van der Waals surface area contributed by atoms with Crippen LogP contribution < -0.4 is 9.62 Å². The number of halogens is 1. The van der Waals surface area contributed by atoms with Crippen molar-refractivity contribution in [1.82, 2.24) is 9.97 Å². The minimum Gasteiger partial charge on any atom is -0.496 e. The van der Waals surface area contributed by atoms with Gasteiger partial charge < -0.3 is 9.62 Å². The Morgan fingerprint density at radius 1 is 1.12 bits per heavy atom. The molecule has 3 rings (SSSR count). The van der Waals surface area contributed by atoms with Gasteiger partial charge in [0.1, 0.15) is 21.5 Å². The molecule has 0 bridgehead atoms. The molecule has 0 spiro atoms. The molecular formula is C17H17ClN2O3S. The van der Waals surface area contributed by atoms with Gasteiger partial charge in [0.25, 0.3) is 0 Å². The van der Waals surface area contributed by atoms with E-state index in [1.807, 2.05) is 17.5 Å². The molecule has 7 heteroatoms. The molecule has 0 atom stereocenters. The third-order valence-electron chi connectivity index (χ3n) is 3.57.